The normalized spacial score (nSPS) is 16.7. The van der Waals surface area contributed by atoms with Gasteiger partial charge < -0.3 is 9.84 Å². The Balaban J connectivity index is 2.21. The first kappa shape index (κ1) is 14.9. The SMILES string of the molecule is O=C(O)/C=C/C(=O)OC1(c2cc(Cl)cc(Cl)c2)CCC1. The minimum Gasteiger partial charge on any atom is -0.478 e. The number of benzene rings is 1. The van der Waals surface area contributed by atoms with Crippen molar-refractivity contribution in [3.63, 3.8) is 0 Å². The summed E-state index contributed by atoms with van der Waals surface area (Å²) in [6, 6.07) is 5.02. The molecule has 4 nitrogen and oxygen atoms in total. The Kier molecular flexibility index (Phi) is 4.35. The Bertz CT molecular complexity index is 556. The topological polar surface area (TPSA) is 63.6 Å². The Hall–Kier alpha value is -1.52. The van der Waals surface area contributed by atoms with Crippen molar-refractivity contribution in [1.82, 2.24) is 0 Å². The number of carboxylic acids is 1. The van der Waals surface area contributed by atoms with Gasteiger partial charge in [0.2, 0.25) is 0 Å². The number of hydrogen-bond donors (Lipinski definition) is 1. The van der Waals surface area contributed by atoms with Gasteiger partial charge in [0, 0.05) is 22.2 Å². The van der Waals surface area contributed by atoms with Gasteiger partial charge in [-0.1, -0.05) is 23.2 Å². The minimum atomic E-state index is -1.20. The molecule has 2 rings (SSSR count). The monoisotopic (exact) mass is 314 g/mol. The second-order valence-electron chi connectivity index (χ2n) is 4.60. The van der Waals surface area contributed by atoms with E-state index in [-0.39, 0.29) is 0 Å². The Morgan fingerprint density at radius 2 is 1.75 bits per heavy atom. The molecular weight excluding hydrogens is 303 g/mol. The molecule has 0 amide bonds. The van der Waals surface area contributed by atoms with E-state index in [1.165, 1.54) is 0 Å². The number of rotatable bonds is 4. The summed E-state index contributed by atoms with van der Waals surface area (Å²) in [6.07, 6.45) is 3.89. The van der Waals surface area contributed by atoms with Crippen molar-refractivity contribution >= 4 is 35.1 Å². The van der Waals surface area contributed by atoms with E-state index in [0.29, 0.717) is 22.9 Å². The number of hydrogen-bond acceptors (Lipinski definition) is 3. The van der Waals surface area contributed by atoms with Crippen LogP contribution in [-0.2, 0) is 19.9 Å². The fourth-order valence-electron chi connectivity index (χ4n) is 2.13. The van der Waals surface area contributed by atoms with Crippen LogP contribution in [-0.4, -0.2) is 17.0 Å². The molecule has 1 aromatic rings. The first-order chi connectivity index (χ1) is 9.41. The number of esters is 1. The second kappa shape index (κ2) is 5.85. The van der Waals surface area contributed by atoms with Crippen LogP contribution in [0.1, 0.15) is 24.8 Å². The predicted octanol–water partition coefficient (Wildman–Crippen LogP) is 3.56. The van der Waals surface area contributed by atoms with E-state index in [1.54, 1.807) is 18.2 Å². The highest BCUT2D eigenvalue weighted by molar-refractivity contribution is 6.34. The third-order valence-corrected chi connectivity index (χ3v) is 3.64. The van der Waals surface area contributed by atoms with Crippen molar-refractivity contribution in [2.24, 2.45) is 0 Å². The van der Waals surface area contributed by atoms with Gasteiger partial charge in [-0.3, -0.25) is 0 Å². The van der Waals surface area contributed by atoms with Crippen molar-refractivity contribution in [2.45, 2.75) is 24.9 Å². The molecule has 1 N–H and O–H groups in total. The summed E-state index contributed by atoms with van der Waals surface area (Å²) in [6.45, 7) is 0. The summed E-state index contributed by atoms with van der Waals surface area (Å²) >= 11 is 11.9. The van der Waals surface area contributed by atoms with Crippen molar-refractivity contribution in [3.05, 3.63) is 46.0 Å². The summed E-state index contributed by atoms with van der Waals surface area (Å²) in [5, 5.41) is 9.43. The first-order valence-electron chi connectivity index (χ1n) is 6.02. The molecule has 106 valence electrons. The lowest BCUT2D eigenvalue weighted by Gasteiger charge is -2.41. The van der Waals surface area contributed by atoms with E-state index in [1.807, 2.05) is 0 Å². The second-order valence-corrected chi connectivity index (χ2v) is 5.47. The quantitative estimate of drug-likeness (QED) is 0.681. The zero-order valence-electron chi connectivity index (χ0n) is 10.4. The van der Waals surface area contributed by atoms with E-state index < -0.39 is 17.5 Å². The van der Waals surface area contributed by atoms with Gasteiger partial charge in [0.1, 0.15) is 5.60 Å². The predicted molar refractivity (Wildman–Crippen MR) is 74.9 cm³/mol. The minimum absolute atomic E-state index is 0.468. The largest absolute Gasteiger partial charge is 0.478 e. The summed E-state index contributed by atoms with van der Waals surface area (Å²) in [7, 11) is 0. The van der Waals surface area contributed by atoms with Gasteiger partial charge >= 0.3 is 11.9 Å². The van der Waals surface area contributed by atoms with Crippen LogP contribution in [0.15, 0.2) is 30.4 Å². The Morgan fingerprint density at radius 1 is 1.15 bits per heavy atom. The zero-order valence-corrected chi connectivity index (χ0v) is 11.9. The number of carbonyl (C=O) groups is 2. The number of carboxylic acid groups (broad SMARTS) is 1. The molecule has 20 heavy (non-hydrogen) atoms. The molecular formula is C14H12Cl2O4. The molecule has 1 saturated carbocycles. The maximum atomic E-state index is 11.7. The number of carbonyl (C=O) groups excluding carboxylic acids is 1. The molecule has 0 unspecified atom stereocenters. The molecule has 6 heteroatoms. The molecule has 1 aromatic carbocycles. The summed E-state index contributed by atoms with van der Waals surface area (Å²) in [5.74, 6) is -1.89. The highest BCUT2D eigenvalue weighted by Gasteiger charge is 2.42. The van der Waals surface area contributed by atoms with E-state index >= 15 is 0 Å². The van der Waals surface area contributed by atoms with Crippen molar-refractivity contribution in [1.29, 1.82) is 0 Å². The van der Waals surface area contributed by atoms with Crippen LogP contribution >= 0.6 is 23.2 Å². The lowest BCUT2D eigenvalue weighted by molar-refractivity contribution is -0.165. The standard InChI is InChI=1S/C14H12Cl2O4/c15-10-6-9(7-11(16)8-10)14(4-1-5-14)20-13(19)3-2-12(17)18/h2-3,6-8H,1,4-5H2,(H,17,18)/b3-2+. The zero-order chi connectivity index (χ0) is 14.8. The Labute approximate surface area is 125 Å². The van der Waals surface area contributed by atoms with Crippen LogP contribution in [0.25, 0.3) is 0 Å². The van der Waals surface area contributed by atoms with Crippen LogP contribution in [0, 0.1) is 0 Å². The molecule has 0 heterocycles. The fourth-order valence-corrected chi connectivity index (χ4v) is 2.66. The first-order valence-corrected chi connectivity index (χ1v) is 6.77. The maximum Gasteiger partial charge on any atom is 0.331 e. The van der Waals surface area contributed by atoms with Gasteiger partial charge in [0.15, 0.2) is 0 Å². The fraction of sp³-hybridized carbons (Fsp3) is 0.286. The third-order valence-electron chi connectivity index (χ3n) is 3.21. The molecule has 0 aliphatic heterocycles. The van der Waals surface area contributed by atoms with E-state index in [2.05, 4.69) is 0 Å². The number of aliphatic carboxylic acids is 1. The number of ether oxygens (including phenoxy) is 1. The summed E-state index contributed by atoms with van der Waals surface area (Å²) in [5.41, 5.74) is -0.0209. The molecule has 0 atom stereocenters. The molecule has 1 fully saturated rings. The molecule has 1 aliphatic carbocycles. The van der Waals surface area contributed by atoms with E-state index in [9.17, 15) is 9.59 Å². The highest BCUT2D eigenvalue weighted by Crippen LogP contribution is 2.46. The van der Waals surface area contributed by atoms with Crippen molar-refractivity contribution in [3.8, 4) is 0 Å². The molecule has 0 saturated heterocycles. The van der Waals surface area contributed by atoms with Crippen LogP contribution in [0.5, 0.6) is 0 Å². The van der Waals surface area contributed by atoms with Gasteiger partial charge in [0.25, 0.3) is 0 Å². The average Bonchev–Trinajstić information content (AvgIpc) is 2.30. The smallest absolute Gasteiger partial charge is 0.331 e. The van der Waals surface area contributed by atoms with Gasteiger partial charge in [0.05, 0.1) is 0 Å². The summed E-state index contributed by atoms with van der Waals surface area (Å²) in [4.78, 5) is 22.0. The molecule has 0 bridgehead atoms. The van der Waals surface area contributed by atoms with Crippen molar-refractivity contribution < 1.29 is 19.4 Å². The van der Waals surface area contributed by atoms with Crippen LogP contribution < -0.4 is 0 Å². The van der Waals surface area contributed by atoms with Crippen LogP contribution in [0.2, 0.25) is 10.0 Å². The maximum absolute atomic E-state index is 11.7. The van der Waals surface area contributed by atoms with Crippen molar-refractivity contribution in [2.75, 3.05) is 0 Å². The Morgan fingerprint density at radius 3 is 2.20 bits per heavy atom. The van der Waals surface area contributed by atoms with E-state index in [0.717, 1.165) is 24.1 Å². The molecule has 0 aromatic heterocycles. The van der Waals surface area contributed by atoms with E-state index in [4.69, 9.17) is 33.0 Å². The van der Waals surface area contributed by atoms with Gasteiger partial charge in [-0.05, 0) is 43.0 Å². The van der Waals surface area contributed by atoms with Gasteiger partial charge in [-0.25, -0.2) is 9.59 Å². The van der Waals surface area contributed by atoms with Gasteiger partial charge in [-0.15, -0.1) is 0 Å². The lowest BCUT2D eigenvalue weighted by atomic mass is 9.75. The molecule has 0 spiro atoms. The van der Waals surface area contributed by atoms with Crippen LogP contribution in [0.4, 0.5) is 0 Å². The average molecular weight is 315 g/mol. The van der Waals surface area contributed by atoms with Gasteiger partial charge in [-0.2, -0.15) is 0 Å². The lowest BCUT2D eigenvalue weighted by Crippen LogP contribution is -2.38. The highest BCUT2D eigenvalue weighted by atomic mass is 35.5. The summed E-state index contributed by atoms with van der Waals surface area (Å²) < 4.78 is 5.41. The third kappa shape index (κ3) is 3.32. The van der Waals surface area contributed by atoms with Crippen LogP contribution in [0.3, 0.4) is 0 Å². The molecule has 0 radical (unpaired) electrons. The molecule has 1 aliphatic rings. The number of halogens is 2.